The maximum atomic E-state index is 4.41. The fourth-order valence-corrected chi connectivity index (χ4v) is 3.42. The van der Waals surface area contributed by atoms with Gasteiger partial charge in [-0.2, -0.15) is 0 Å². The highest BCUT2D eigenvalue weighted by Crippen LogP contribution is 2.33. The predicted octanol–water partition coefficient (Wildman–Crippen LogP) is 1.64. The number of aromatic nitrogens is 6. The molecule has 4 heterocycles. The van der Waals surface area contributed by atoms with Crippen LogP contribution in [0.2, 0.25) is 0 Å². The van der Waals surface area contributed by atoms with Gasteiger partial charge < -0.3 is 14.5 Å². The Morgan fingerprint density at radius 2 is 2.24 bits per heavy atom. The summed E-state index contributed by atoms with van der Waals surface area (Å²) in [6.07, 6.45) is 9.01. The van der Waals surface area contributed by atoms with Crippen molar-refractivity contribution < 1.29 is 0 Å². The summed E-state index contributed by atoms with van der Waals surface area (Å²) >= 11 is 1.83. The second-order valence-corrected chi connectivity index (χ2v) is 5.86. The zero-order chi connectivity index (χ0) is 14.2. The Balaban J connectivity index is 1.79. The van der Waals surface area contributed by atoms with Crippen LogP contribution in [0.4, 0.5) is 5.82 Å². The van der Waals surface area contributed by atoms with Crippen LogP contribution in [0, 0.1) is 0 Å². The number of aryl methyl sites for hydroxylation is 1. The Bertz CT molecular complexity index is 819. The van der Waals surface area contributed by atoms with E-state index in [-0.39, 0.29) is 0 Å². The highest BCUT2D eigenvalue weighted by atomic mass is 32.2. The second kappa shape index (κ2) is 4.88. The van der Waals surface area contributed by atoms with Crippen LogP contribution in [0.3, 0.4) is 0 Å². The quantitative estimate of drug-likeness (QED) is 0.775. The van der Waals surface area contributed by atoms with E-state index in [1.807, 2.05) is 35.9 Å². The number of anilines is 1. The molecule has 3 aromatic rings. The molecule has 0 aromatic carbocycles. The smallest absolute Gasteiger partial charge is 0.182 e. The number of nitrogens with one attached hydrogen (secondary N) is 1. The molecule has 0 saturated carbocycles. The topological polar surface area (TPSA) is 75.5 Å². The average Bonchev–Trinajstić information content (AvgIpc) is 3.15. The van der Waals surface area contributed by atoms with Gasteiger partial charge in [0.15, 0.2) is 11.5 Å². The van der Waals surface area contributed by atoms with Gasteiger partial charge in [-0.15, -0.1) is 11.8 Å². The normalized spacial score (nSPS) is 15.5. The lowest BCUT2D eigenvalue weighted by molar-refractivity contribution is 0.897. The number of thioether (sulfide) groups is 1. The Kier molecular flexibility index (Phi) is 2.88. The first kappa shape index (κ1) is 12.4. The van der Waals surface area contributed by atoms with Crippen molar-refractivity contribution in [3.05, 3.63) is 37.1 Å². The van der Waals surface area contributed by atoms with Crippen LogP contribution in [0.15, 0.2) is 31.4 Å². The molecule has 3 aromatic heterocycles. The third-order valence-electron chi connectivity index (χ3n) is 3.41. The number of nitrogens with zero attached hydrogens (tertiary/aromatic N) is 6. The summed E-state index contributed by atoms with van der Waals surface area (Å²) in [6, 6.07) is 0. The van der Waals surface area contributed by atoms with E-state index < -0.39 is 0 Å². The molecule has 106 valence electrons. The summed E-state index contributed by atoms with van der Waals surface area (Å²) in [5, 5.41) is 0. The molecule has 4 rings (SSSR count). The molecule has 8 heteroatoms. The van der Waals surface area contributed by atoms with Crippen molar-refractivity contribution in [2.75, 3.05) is 17.2 Å². The second-order valence-electron chi connectivity index (χ2n) is 4.72. The van der Waals surface area contributed by atoms with E-state index in [0.717, 1.165) is 29.3 Å². The third-order valence-corrected chi connectivity index (χ3v) is 4.42. The molecule has 0 saturated heterocycles. The standard InChI is InChI=1S/C13H13N7S/c1-19-8-14-4-9(19)10-5-20(2-3-21-10)13-11-12(16-6-15-11)17-7-18-13/h4-8H,2-3H2,1H3,(H,15,16,17,18). The number of hydrogen-bond donors (Lipinski definition) is 1. The molecule has 1 N–H and O–H groups in total. The van der Waals surface area contributed by atoms with E-state index in [9.17, 15) is 0 Å². The van der Waals surface area contributed by atoms with Gasteiger partial charge in [0, 0.05) is 30.5 Å². The molecule has 0 unspecified atom stereocenters. The van der Waals surface area contributed by atoms with E-state index in [2.05, 4.69) is 36.0 Å². The van der Waals surface area contributed by atoms with Gasteiger partial charge in [0.05, 0.1) is 24.5 Å². The van der Waals surface area contributed by atoms with Gasteiger partial charge in [-0.1, -0.05) is 0 Å². The molecule has 0 bridgehead atoms. The highest BCUT2D eigenvalue weighted by Gasteiger charge is 2.19. The lowest BCUT2D eigenvalue weighted by atomic mass is 10.4. The van der Waals surface area contributed by atoms with Crippen molar-refractivity contribution in [2.45, 2.75) is 0 Å². The lowest BCUT2D eigenvalue weighted by Crippen LogP contribution is -2.24. The molecule has 1 aliphatic heterocycles. The number of fused-ring (bicyclic) bond motifs is 1. The maximum absolute atomic E-state index is 4.41. The Morgan fingerprint density at radius 3 is 3.10 bits per heavy atom. The number of H-pyrrole nitrogens is 1. The van der Waals surface area contributed by atoms with E-state index in [1.54, 1.807) is 12.7 Å². The number of imidazole rings is 2. The summed E-state index contributed by atoms with van der Waals surface area (Å²) in [7, 11) is 2.00. The number of aromatic amines is 1. The highest BCUT2D eigenvalue weighted by molar-refractivity contribution is 8.08. The fraction of sp³-hybridized carbons (Fsp3) is 0.231. The molecule has 0 amide bonds. The van der Waals surface area contributed by atoms with Gasteiger partial charge in [-0.05, 0) is 0 Å². The van der Waals surface area contributed by atoms with Crippen LogP contribution in [-0.2, 0) is 7.05 Å². The van der Waals surface area contributed by atoms with Gasteiger partial charge in [0.25, 0.3) is 0 Å². The molecule has 0 radical (unpaired) electrons. The molecule has 0 spiro atoms. The summed E-state index contributed by atoms with van der Waals surface area (Å²) in [5.74, 6) is 1.86. The zero-order valence-electron chi connectivity index (χ0n) is 11.4. The summed E-state index contributed by atoms with van der Waals surface area (Å²) in [4.78, 5) is 23.4. The van der Waals surface area contributed by atoms with E-state index in [1.165, 1.54) is 4.91 Å². The Hall–Kier alpha value is -2.35. The number of hydrogen-bond acceptors (Lipinski definition) is 6. The first-order chi connectivity index (χ1) is 10.3. The monoisotopic (exact) mass is 299 g/mol. The minimum atomic E-state index is 0.689. The third kappa shape index (κ3) is 2.07. The summed E-state index contributed by atoms with van der Waals surface area (Å²) < 4.78 is 2.02. The van der Waals surface area contributed by atoms with Gasteiger partial charge >= 0.3 is 0 Å². The van der Waals surface area contributed by atoms with Gasteiger partial charge in [-0.25, -0.2) is 19.9 Å². The molecule has 0 aliphatic carbocycles. The van der Waals surface area contributed by atoms with E-state index >= 15 is 0 Å². The maximum Gasteiger partial charge on any atom is 0.182 e. The zero-order valence-corrected chi connectivity index (χ0v) is 12.2. The SMILES string of the molecule is Cn1cncc1C1=CN(c2ncnc3nc[nH]c23)CCS1. The van der Waals surface area contributed by atoms with Crippen molar-refractivity contribution in [1.29, 1.82) is 0 Å². The lowest BCUT2D eigenvalue weighted by Gasteiger charge is -2.25. The van der Waals surface area contributed by atoms with Crippen molar-refractivity contribution >= 4 is 33.6 Å². The van der Waals surface area contributed by atoms with Gasteiger partial charge in [0.1, 0.15) is 11.8 Å². The van der Waals surface area contributed by atoms with Crippen molar-refractivity contribution in [3.63, 3.8) is 0 Å². The number of rotatable bonds is 2. The van der Waals surface area contributed by atoms with Crippen LogP contribution in [0.25, 0.3) is 16.1 Å². The fourth-order valence-electron chi connectivity index (χ4n) is 2.37. The van der Waals surface area contributed by atoms with Crippen molar-refractivity contribution in [3.8, 4) is 0 Å². The molecule has 0 atom stereocenters. The molecule has 1 aliphatic rings. The first-order valence-electron chi connectivity index (χ1n) is 6.55. The predicted molar refractivity (Wildman–Crippen MR) is 82.7 cm³/mol. The molecule has 21 heavy (non-hydrogen) atoms. The van der Waals surface area contributed by atoms with Crippen LogP contribution in [0.5, 0.6) is 0 Å². The van der Waals surface area contributed by atoms with Gasteiger partial charge in [0.2, 0.25) is 0 Å². The van der Waals surface area contributed by atoms with Crippen LogP contribution < -0.4 is 4.90 Å². The van der Waals surface area contributed by atoms with Crippen molar-refractivity contribution in [2.24, 2.45) is 7.05 Å². The van der Waals surface area contributed by atoms with E-state index in [4.69, 9.17) is 0 Å². The molecular weight excluding hydrogens is 286 g/mol. The summed E-state index contributed by atoms with van der Waals surface area (Å²) in [5.41, 5.74) is 2.67. The average molecular weight is 299 g/mol. The summed E-state index contributed by atoms with van der Waals surface area (Å²) in [6.45, 7) is 0.900. The van der Waals surface area contributed by atoms with E-state index in [0.29, 0.717) is 5.65 Å². The van der Waals surface area contributed by atoms with Crippen molar-refractivity contribution in [1.82, 2.24) is 29.5 Å². The van der Waals surface area contributed by atoms with Gasteiger partial charge in [-0.3, -0.25) is 0 Å². The largest absolute Gasteiger partial charge is 0.340 e. The van der Waals surface area contributed by atoms with Crippen LogP contribution in [0.1, 0.15) is 5.69 Å². The van der Waals surface area contributed by atoms with Crippen LogP contribution >= 0.6 is 11.8 Å². The molecule has 0 fully saturated rings. The minimum Gasteiger partial charge on any atom is -0.340 e. The first-order valence-corrected chi connectivity index (χ1v) is 7.53. The Morgan fingerprint density at radius 1 is 1.29 bits per heavy atom. The minimum absolute atomic E-state index is 0.689. The molecule has 7 nitrogen and oxygen atoms in total. The van der Waals surface area contributed by atoms with Crippen LogP contribution in [-0.4, -0.2) is 41.8 Å². The molecular formula is C13H13N7S. The Labute approximate surface area is 125 Å².